The molecule has 4 nitrogen and oxygen atoms in total. The first-order valence-electron chi connectivity index (χ1n) is 13.5. The molecule has 0 saturated carbocycles. The van der Waals surface area contributed by atoms with Gasteiger partial charge < -0.3 is 9.47 Å². The predicted octanol–water partition coefficient (Wildman–Crippen LogP) is 9.05. The summed E-state index contributed by atoms with van der Waals surface area (Å²) in [6.07, 6.45) is 2.36. The minimum absolute atomic E-state index is 0.237. The lowest BCUT2D eigenvalue weighted by molar-refractivity contribution is 0.217. The van der Waals surface area contributed by atoms with Crippen molar-refractivity contribution in [3.63, 3.8) is 0 Å². The van der Waals surface area contributed by atoms with Gasteiger partial charge in [0.25, 0.3) is 0 Å². The number of nitriles is 2. The number of nitrogens with zero attached hydrogens (tertiary/aromatic N) is 2. The fourth-order valence-corrected chi connectivity index (χ4v) is 3.62. The molecule has 0 fully saturated rings. The van der Waals surface area contributed by atoms with Crippen LogP contribution in [0.4, 0.5) is 0 Å². The Labute approximate surface area is 233 Å². The highest BCUT2D eigenvalue weighted by molar-refractivity contribution is 5.65. The Morgan fingerprint density at radius 3 is 1.31 bits per heavy atom. The van der Waals surface area contributed by atoms with E-state index < -0.39 is 0 Å². The molecule has 0 aliphatic rings. The van der Waals surface area contributed by atoms with Crippen LogP contribution in [0.5, 0.6) is 11.5 Å². The number of hydrogen-bond acceptors (Lipinski definition) is 4. The molecule has 4 heteroatoms. The summed E-state index contributed by atoms with van der Waals surface area (Å²) in [6, 6.07) is 35.6. The van der Waals surface area contributed by atoms with E-state index in [1.165, 1.54) is 0 Å². The van der Waals surface area contributed by atoms with Crippen LogP contribution in [0.25, 0.3) is 22.3 Å². The Balaban J connectivity index is 0.000000216. The highest BCUT2D eigenvalue weighted by atomic mass is 16.5. The zero-order chi connectivity index (χ0) is 28.0. The van der Waals surface area contributed by atoms with E-state index in [-0.39, 0.29) is 6.10 Å². The van der Waals surface area contributed by atoms with Gasteiger partial charge in [0.2, 0.25) is 0 Å². The van der Waals surface area contributed by atoms with Gasteiger partial charge in [-0.25, -0.2) is 0 Å². The molecule has 4 rings (SSSR count). The second-order valence-electron chi connectivity index (χ2n) is 9.59. The summed E-state index contributed by atoms with van der Waals surface area (Å²) in [5, 5.41) is 17.6. The molecule has 0 aliphatic heterocycles. The first kappa shape index (κ1) is 29.0. The third-order valence-electron chi connectivity index (χ3n) is 6.55. The topological polar surface area (TPSA) is 66.0 Å². The summed E-state index contributed by atoms with van der Waals surface area (Å²) in [5.41, 5.74) is 5.83. The smallest absolute Gasteiger partial charge is 0.119 e. The Hall–Kier alpha value is -4.54. The van der Waals surface area contributed by atoms with Crippen molar-refractivity contribution in [2.45, 2.75) is 46.6 Å². The second-order valence-corrected chi connectivity index (χ2v) is 9.59. The van der Waals surface area contributed by atoms with Crippen LogP contribution in [-0.4, -0.2) is 12.7 Å². The molecule has 0 saturated heterocycles. The lowest BCUT2D eigenvalue weighted by atomic mass is 10.0. The van der Waals surface area contributed by atoms with E-state index in [0.29, 0.717) is 17.0 Å². The molecule has 0 N–H and O–H groups in total. The van der Waals surface area contributed by atoms with Crippen molar-refractivity contribution in [2.24, 2.45) is 5.92 Å². The van der Waals surface area contributed by atoms with Gasteiger partial charge in [0.05, 0.1) is 36.0 Å². The van der Waals surface area contributed by atoms with Crippen LogP contribution in [0.2, 0.25) is 0 Å². The lowest BCUT2D eigenvalue weighted by Crippen LogP contribution is -2.09. The molecule has 198 valence electrons. The molecule has 0 aromatic heterocycles. The Bertz CT molecular complexity index is 1360. The number of hydrogen-bond donors (Lipinski definition) is 0. The van der Waals surface area contributed by atoms with Gasteiger partial charge >= 0.3 is 0 Å². The summed E-state index contributed by atoms with van der Waals surface area (Å²) >= 11 is 0. The van der Waals surface area contributed by atoms with Gasteiger partial charge in [0, 0.05) is 0 Å². The van der Waals surface area contributed by atoms with Crippen LogP contribution in [0.3, 0.4) is 0 Å². The third kappa shape index (κ3) is 9.06. The maximum Gasteiger partial charge on any atom is 0.119 e. The van der Waals surface area contributed by atoms with Gasteiger partial charge in [-0.15, -0.1) is 0 Å². The molecule has 0 bridgehead atoms. The minimum atomic E-state index is 0.237. The minimum Gasteiger partial charge on any atom is -0.493 e. The van der Waals surface area contributed by atoms with Crippen LogP contribution in [0, 0.1) is 28.6 Å². The van der Waals surface area contributed by atoms with Crippen molar-refractivity contribution in [2.75, 3.05) is 6.61 Å². The monoisotopic (exact) mass is 516 g/mol. The number of ether oxygens (including phenoxy) is 2. The van der Waals surface area contributed by atoms with Crippen LogP contribution in [0.15, 0.2) is 97.1 Å². The van der Waals surface area contributed by atoms with Gasteiger partial charge in [0.15, 0.2) is 0 Å². The zero-order valence-electron chi connectivity index (χ0n) is 23.2. The third-order valence-corrected chi connectivity index (χ3v) is 6.55. The van der Waals surface area contributed by atoms with Crippen molar-refractivity contribution >= 4 is 0 Å². The highest BCUT2D eigenvalue weighted by Crippen LogP contribution is 2.24. The van der Waals surface area contributed by atoms with E-state index in [1.54, 1.807) is 0 Å². The maximum absolute atomic E-state index is 8.79. The molecule has 4 aromatic rings. The normalized spacial score (nSPS) is 11.6. The van der Waals surface area contributed by atoms with Gasteiger partial charge in [-0.1, -0.05) is 75.7 Å². The number of benzene rings is 4. The molecule has 0 spiro atoms. The largest absolute Gasteiger partial charge is 0.493 e. The Morgan fingerprint density at radius 2 is 0.949 bits per heavy atom. The van der Waals surface area contributed by atoms with Crippen molar-refractivity contribution in [1.82, 2.24) is 0 Å². The van der Waals surface area contributed by atoms with Crippen LogP contribution in [-0.2, 0) is 0 Å². The summed E-state index contributed by atoms with van der Waals surface area (Å²) in [7, 11) is 0. The van der Waals surface area contributed by atoms with Gasteiger partial charge in [0.1, 0.15) is 11.5 Å². The first-order valence-corrected chi connectivity index (χ1v) is 13.5. The van der Waals surface area contributed by atoms with E-state index in [4.69, 9.17) is 20.0 Å². The molecule has 0 radical (unpaired) electrons. The maximum atomic E-state index is 8.79. The summed E-state index contributed by atoms with van der Waals surface area (Å²) in [4.78, 5) is 0. The molecular formula is C35H36N2O2. The van der Waals surface area contributed by atoms with Crippen molar-refractivity contribution in [3.05, 3.63) is 108 Å². The quantitative estimate of drug-likeness (QED) is 0.222. The summed E-state index contributed by atoms with van der Waals surface area (Å²) < 4.78 is 11.5. The average Bonchev–Trinajstić information content (AvgIpc) is 3.01. The van der Waals surface area contributed by atoms with Gasteiger partial charge in [-0.3, -0.25) is 0 Å². The van der Waals surface area contributed by atoms with Gasteiger partial charge in [-0.2, -0.15) is 10.5 Å². The van der Waals surface area contributed by atoms with Crippen molar-refractivity contribution < 1.29 is 9.47 Å². The molecule has 39 heavy (non-hydrogen) atoms. The standard InChI is InChI=1S/C18H19NO.C17H17NO/c1-3-14(2)13-20-18-10-8-17(9-11-18)16-6-4-15(12-19)5-7-16;1-3-13(2)19-17-10-8-16(9-11-17)15-6-4-14(12-18)5-7-15/h4-11,14H,3,13H2,1-2H3;4-11,13H,3H2,1-2H3. The van der Waals surface area contributed by atoms with Gasteiger partial charge in [-0.05, 0) is 90.0 Å². The fraction of sp³-hybridized carbons (Fsp3) is 0.257. The van der Waals surface area contributed by atoms with E-state index >= 15 is 0 Å². The molecule has 2 unspecified atom stereocenters. The SMILES string of the molecule is CCC(C)COc1ccc(-c2ccc(C#N)cc2)cc1.CCC(C)Oc1ccc(-c2ccc(C#N)cc2)cc1. The molecule has 0 heterocycles. The molecule has 2 atom stereocenters. The Morgan fingerprint density at radius 1 is 0.564 bits per heavy atom. The van der Waals surface area contributed by atoms with Crippen molar-refractivity contribution in [1.29, 1.82) is 10.5 Å². The van der Waals surface area contributed by atoms with Crippen LogP contribution >= 0.6 is 0 Å². The zero-order valence-corrected chi connectivity index (χ0v) is 23.2. The van der Waals surface area contributed by atoms with E-state index in [1.807, 2.05) is 97.1 Å². The fourth-order valence-electron chi connectivity index (χ4n) is 3.62. The molecular weight excluding hydrogens is 480 g/mol. The van der Waals surface area contributed by atoms with E-state index in [2.05, 4.69) is 39.8 Å². The second kappa shape index (κ2) is 15.0. The summed E-state index contributed by atoms with van der Waals surface area (Å²) in [5.74, 6) is 2.38. The molecule has 4 aromatic carbocycles. The average molecular weight is 517 g/mol. The van der Waals surface area contributed by atoms with Crippen LogP contribution in [0.1, 0.15) is 51.7 Å². The van der Waals surface area contributed by atoms with E-state index in [9.17, 15) is 0 Å². The predicted molar refractivity (Wildman–Crippen MR) is 159 cm³/mol. The molecule has 0 aliphatic carbocycles. The highest BCUT2D eigenvalue weighted by Gasteiger charge is 2.04. The number of rotatable bonds is 9. The first-order chi connectivity index (χ1) is 18.9. The molecule has 0 amide bonds. The van der Waals surface area contributed by atoms with Crippen molar-refractivity contribution in [3.8, 4) is 45.9 Å². The van der Waals surface area contributed by atoms with Crippen LogP contribution < -0.4 is 9.47 Å². The Kier molecular flexibility index (Phi) is 11.2. The van der Waals surface area contributed by atoms with E-state index in [0.717, 1.165) is 53.2 Å². The summed E-state index contributed by atoms with van der Waals surface area (Å²) in [6.45, 7) is 9.28. The lowest BCUT2D eigenvalue weighted by Gasteiger charge is -2.12.